The molecule has 1 saturated carbocycles. The summed E-state index contributed by atoms with van der Waals surface area (Å²) >= 11 is 1.96. The second-order valence-corrected chi connectivity index (χ2v) is 6.23. The summed E-state index contributed by atoms with van der Waals surface area (Å²) in [6, 6.07) is 1.14. The number of hydrogen-bond acceptors (Lipinski definition) is 6. The van der Waals surface area contributed by atoms with E-state index in [4.69, 9.17) is 4.42 Å². The van der Waals surface area contributed by atoms with Crippen LogP contribution in [0.3, 0.4) is 0 Å². The summed E-state index contributed by atoms with van der Waals surface area (Å²) in [5, 5.41) is 15.6. The number of aromatic nitrogens is 2. The third-order valence-corrected chi connectivity index (χ3v) is 4.70. The van der Waals surface area contributed by atoms with Crippen molar-refractivity contribution >= 4 is 17.8 Å². The first-order chi connectivity index (χ1) is 9.22. The minimum Gasteiger partial charge on any atom is -0.406 e. The fraction of sp³-hybridized carbons (Fsp3) is 0.846. The molecule has 6 heteroatoms. The van der Waals surface area contributed by atoms with E-state index in [1.165, 1.54) is 25.7 Å². The van der Waals surface area contributed by atoms with Crippen LogP contribution in [0.2, 0.25) is 0 Å². The molecule has 1 aromatic heterocycles. The maximum atomic E-state index is 5.67. The lowest BCUT2D eigenvalue weighted by atomic mass is 9.95. The Bertz CT molecular complexity index is 384. The zero-order valence-electron chi connectivity index (χ0n) is 12.0. The summed E-state index contributed by atoms with van der Waals surface area (Å²) in [4.78, 5) is 0. The van der Waals surface area contributed by atoms with Gasteiger partial charge in [-0.1, -0.05) is 18.4 Å². The van der Waals surface area contributed by atoms with Gasteiger partial charge in [-0.2, -0.15) is 11.8 Å². The van der Waals surface area contributed by atoms with Gasteiger partial charge in [-0.05, 0) is 39.0 Å². The highest BCUT2D eigenvalue weighted by Crippen LogP contribution is 2.28. The van der Waals surface area contributed by atoms with Crippen LogP contribution in [0.4, 0.5) is 6.01 Å². The molecular formula is C13H24N4OS. The molecule has 5 nitrogen and oxygen atoms in total. The quantitative estimate of drug-likeness (QED) is 0.837. The van der Waals surface area contributed by atoms with Gasteiger partial charge in [0.15, 0.2) is 0 Å². The predicted molar refractivity (Wildman–Crippen MR) is 79.6 cm³/mol. The lowest BCUT2D eigenvalue weighted by Gasteiger charge is -2.27. The van der Waals surface area contributed by atoms with E-state index in [0.29, 0.717) is 17.9 Å². The summed E-state index contributed by atoms with van der Waals surface area (Å²) in [5.74, 6) is 0.654. The van der Waals surface area contributed by atoms with Crippen molar-refractivity contribution < 1.29 is 4.42 Å². The smallest absolute Gasteiger partial charge is 0.315 e. The highest BCUT2D eigenvalue weighted by molar-refractivity contribution is 7.99. The molecule has 0 radical (unpaired) electrons. The molecule has 1 aliphatic carbocycles. The fourth-order valence-electron chi connectivity index (χ4n) is 2.53. The standard InChI is InChI=1S/C13H24N4OS/c1-4-14-9(2)12-16-17-13(18-12)15-10-6-5-7-11(8-10)19-3/h9-11,14H,4-8H2,1-3H3,(H,15,17). The summed E-state index contributed by atoms with van der Waals surface area (Å²) in [7, 11) is 0. The maximum absolute atomic E-state index is 5.67. The average molecular weight is 284 g/mol. The number of nitrogens with one attached hydrogen (secondary N) is 2. The van der Waals surface area contributed by atoms with Crippen LogP contribution < -0.4 is 10.6 Å². The summed E-state index contributed by atoms with van der Waals surface area (Å²) in [6.45, 7) is 4.99. The average Bonchev–Trinajstić information content (AvgIpc) is 2.88. The van der Waals surface area contributed by atoms with E-state index in [1.54, 1.807) is 0 Å². The van der Waals surface area contributed by atoms with E-state index >= 15 is 0 Å². The molecule has 0 aliphatic heterocycles. The molecule has 1 aliphatic rings. The van der Waals surface area contributed by atoms with E-state index in [0.717, 1.165) is 11.8 Å². The Hall–Kier alpha value is -0.750. The van der Waals surface area contributed by atoms with Crippen LogP contribution in [0, 0.1) is 0 Å². The first-order valence-corrected chi connectivity index (χ1v) is 8.37. The summed E-state index contributed by atoms with van der Waals surface area (Å²) in [6.07, 6.45) is 7.17. The first-order valence-electron chi connectivity index (χ1n) is 7.09. The molecule has 0 spiro atoms. The second-order valence-electron chi connectivity index (χ2n) is 5.09. The lowest BCUT2D eigenvalue weighted by Crippen LogP contribution is -2.28. The van der Waals surface area contributed by atoms with Gasteiger partial charge < -0.3 is 15.1 Å². The molecule has 0 bridgehead atoms. The Morgan fingerprint density at radius 1 is 1.42 bits per heavy atom. The van der Waals surface area contributed by atoms with E-state index in [1.807, 2.05) is 18.7 Å². The van der Waals surface area contributed by atoms with Gasteiger partial charge >= 0.3 is 6.01 Å². The van der Waals surface area contributed by atoms with Crippen molar-refractivity contribution in [3.8, 4) is 0 Å². The van der Waals surface area contributed by atoms with Gasteiger partial charge in [0.05, 0.1) is 6.04 Å². The molecule has 1 fully saturated rings. The van der Waals surface area contributed by atoms with Crippen molar-refractivity contribution in [2.24, 2.45) is 0 Å². The van der Waals surface area contributed by atoms with Crippen molar-refractivity contribution in [1.29, 1.82) is 0 Å². The van der Waals surface area contributed by atoms with Crippen LogP contribution in [-0.2, 0) is 0 Å². The molecule has 1 aromatic rings. The van der Waals surface area contributed by atoms with E-state index in [9.17, 15) is 0 Å². The van der Waals surface area contributed by atoms with Crippen LogP contribution in [0.5, 0.6) is 0 Å². The number of nitrogens with zero attached hydrogens (tertiary/aromatic N) is 2. The third kappa shape index (κ3) is 4.11. The Labute approximate surface area is 119 Å². The van der Waals surface area contributed by atoms with Gasteiger partial charge in [0, 0.05) is 11.3 Å². The van der Waals surface area contributed by atoms with Gasteiger partial charge in [0.1, 0.15) is 0 Å². The fourth-order valence-corrected chi connectivity index (χ4v) is 3.35. The topological polar surface area (TPSA) is 63.0 Å². The summed E-state index contributed by atoms with van der Waals surface area (Å²) < 4.78 is 5.67. The molecule has 108 valence electrons. The van der Waals surface area contributed by atoms with Gasteiger partial charge in [0.2, 0.25) is 5.89 Å². The van der Waals surface area contributed by atoms with Gasteiger partial charge in [0.25, 0.3) is 0 Å². The predicted octanol–water partition coefficient (Wildman–Crippen LogP) is 2.83. The van der Waals surface area contributed by atoms with Crippen LogP contribution in [0.15, 0.2) is 4.42 Å². The molecule has 0 amide bonds. The molecule has 3 atom stereocenters. The second kappa shape index (κ2) is 7.14. The first kappa shape index (κ1) is 14.7. The van der Waals surface area contributed by atoms with Crippen LogP contribution in [0.25, 0.3) is 0 Å². The van der Waals surface area contributed by atoms with Gasteiger partial charge in [-0.3, -0.25) is 0 Å². The van der Waals surface area contributed by atoms with E-state index < -0.39 is 0 Å². The van der Waals surface area contributed by atoms with Crippen molar-refractivity contribution in [2.45, 2.75) is 56.9 Å². The van der Waals surface area contributed by atoms with Crippen molar-refractivity contribution in [2.75, 3.05) is 18.1 Å². The molecule has 1 heterocycles. The minimum absolute atomic E-state index is 0.110. The number of hydrogen-bond donors (Lipinski definition) is 2. The Morgan fingerprint density at radius 2 is 2.26 bits per heavy atom. The molecule has 2 rings (SSSR count). The molecule has 3 unspecified atom stereocenters. The number of anilines is 1. The molecule has 0 aromatic carbocycles. The SMILES string of the molecule is CCNC(C)c1nnc(NC2CCCC(SC)C2)o1. The van der Waals surface area contributed by atoms with E-state index in [2.05, 4.69) is 34.0 Å². The number of rotatable bonds is 6. The Morgan fingerprint density at radius 3 is 3.00 bits per heavy atom. The van der Waals surface area contributed by atoms with Crippen LogP contribution in [-0.4, -0.2) is 34.3 Å². The normalized spacial score (nSPS) is 25.2. The van der Waals surface area contributed by atoms with Crippen molar-refractivity contribution in [3.63, 3.8) is 0 Å². The van der Waals surface area contributed by atoms with Crippen molar-refractivity contribution in [3.05, 3.63) is 5.89 Å². The Balaban J connectivity index is 1.88. The highest BCUT2D eigenvalue weighted by atomic mass is 32.2. The highest BCUT2D eigenvalue weighted by Gasteiger charge is 2.23. The monoisotopic (exact) mass is 284 g/mol. The molecule has 2 N–H and O–H groups in total. The van der Waals surface area contributed by atoms with Crippen LogP contribution >= 0.6 is 11.8 Å². The number of thioether (sulfide) groups is 1. The molecule has 0 saturated heterocycles. The van der Waals surface area contributed by atoms with Crippen LogP contribution in [0.1, 0.15) is 51.5 Å². The molecule has 19 heavy (non-hydrogen) atoms. The van der Waals surface area contributed by atoms with Gasteiger partial charge in [-0.15, -0.1) is 5.10 Å². The zero-order valence-corrected chi connectivity index (χ0v) is 12.8. The molecular weight excluding hydrogens is 260 g/mol. The lowest BCUT2D eigenvalue weighted by molar-refractivity contribution is 0.415. The Kier molecular flexibility index (Phi) is 5.51. The summed E-state index contributed by atoms with van der Waals surface area (Å²) in [5.41, 5.74) is 0. The minimum atomic E-state index is 0.110. The zero-order chi connectivity index (χ0) is 13.7. The third-order valence-electron chi connectivity index (χ3n) is 3.61. The van der Waals surface area contributed by atoms with Gasteiger partial charge in [-0.25, -0.2) is 0 Å². The maximum Gasteiger partial charge on any atom is 0.315 e. The van der Waals surface area contributed by atoms with Crippen molar-refractivity contribution in [1.82, 2.24) is 15.5 Å². The van der Waals surface area contributed by atoms with E-state index in [-0.39, 0.29) is 6.04 Å². The largest absolute Gasteiger partial charge is 0.406 e.